The van der Waals surface area contributed by atoms with Crippen LogP contribution in [0.2, 0.25) is 0 Å². The fraction of sp³-hybridized carbons (Fsp3) is 0.700. The minimum absolute atomic E-state index is 0.00493. The summed E-state index contributed by atoms with van der Waals surface area (Å²) in [6.45, 7) is 1.36. The van der Waals surface area contributed by atoms with Gasteiger partial charge in [-0.25, -0.2) is 15.6 Å². The Morgan fingerprint density at radius 2 is 2.04 bits per heavy atom. The zero-order valence-corrected chi connectivity index (χ0v) is 13.0. The van der Waals surface area contributed by atoms with Gasteiger partial charge in [0.05, 0.1) is 12.1 Å². The summed E-state index contributed by atoms with van der Waals surface area (Å²) in [6.07, 6.45) is 0.384. The number of rotatable bonds is 4. The van der Waals surface area contributed by atoms with E-state index >= 15 is 0 Å². The number of hydrazine groups is 1. The number of nitrogens with zero attached hydrogens (tertiary/aromatic N) is 3. The molecule has 130 valence electrons. The Morgan fingerprint density at radius 3 is 2.57 bits per heavy atom. The van der Waals surface area contributed by atoms with Crippen LogP contribution in [0.5, 0.6) is 0 Å². The molecule has 2 heterocycles. The summed E-state index contributed by atoms with van der Waals surface area (Å²) < 4.78 is 34.5. The summed E-state index contributed by atoms with van der Waals surface area (Å²) in [5.41, 5.74) is 5.37. The summed E-state index contributed by atoms with van der Waals surface area (Å²) in [7, 11) is -4.87. The Labute approximate surface area is 131 Å². The monoisotopic (exact) mass is 351 g/mol. The van der Waals surface area contributed by atoms with E-state index < -0.39 is 46.4 Å². The fourth-order valence-corrected chi connectivity index (χ4v) is 2.97. The molecule has 13 heteroatoms. The molecule has 23 heavy (non-hydrogen) atoms. The number of carbonyl (C=O) groups excluding carboxylic acids is 3. The second-order valence-corrected chi connectivity index (χ2v) is 6.35. The second-order valence-electron chi connectivity index (χ2n) is 5.35. The van der Waals surface area contributed by atoms with E-state index in [0.717, 1.165) is 4.90 Å². The largest absolute Gasteiger partial charge is 0.418 e. The van der Waals surface area contributed by atoms with E-state index in [1.54, 1.807) is 0 Å². The summed E-state index contributed by atoms with van der Waals surface area (Å²) in [5.74, 6) is 3.80. The van der Waals surface area contributed by atoms with Gasteiger partial charge in [0.25, 0.3) is 11.8 Å². The first kappa shape index (κ1) is 17.6. The van der Waals surface area contributed by atoms with Gasteiger partial charge in [0.15, 0.2) is 0 Å². The molecule has 2 saturated heterocycles. The Morgan fingerprint density at radius 1 is 1.43 bits per heavy atom. The van der Waals surface area contributed by atoms with Crippen LogP contribution in [0.25, 0.3) is 0 Å². The lowest BCUT2D eigenvalue weighted by Gasteiger charge is -2.31. The van der Waals surface area contributed by atoms with Crippen molar-refractivity contribution in [3.8, 4) is 0 Å². The maximum Gasteiger partial charge on any atom is 0.418 e. The van der Waals surface area contributed by atoms with E-state index in [1.165, 1.54) is 6.92 Å². The number of hydroxylamine groups is 2. The van der Waals surface area contributed by atoms with E-state index in [4.69, 9.17) is 16.1 Å². The maximum atomic E-state index is 12.3. The van der Waals surface area contributed by atoms with E-state index in [9.17, 15) is 22.8 Å². The van der Waals surface area contributed by atoms with Crippen LogP contribution in [0.3, 0.4) is 0 Å². The highest BCUT2D eigenvalue weighted by atomic mass is 32.3. The van der Waals surface area contributed by atoms with Crippen molar-refractivity contribution < 1.29 is 31.6 Å². The van der Waals surface area contributed by atoms with Gasteiger partial charge >= 0.3 is 16.4 Å². The second kappa shape index (κ2) is 6.01. The van der Waals surface area contributed by atoms with E-state index in [2.05, 4.69) is 4.28 Å². The van der Waals surface area contributed by atoms with Gasteiger partial charge in [-0.1, -0.05) is 0 Å². The molecule has 2 fully saturated rings. The molecule has 0 radical (unpaired) electrons. The topological polar surface area (TPSA) is 177 Å². The Hall–Kier alpha value is -1.80. The number of urea groups is 1. The molecule has 2 rings (SSSR count). The smallest absolute Gasteiger partial charge is 0.320 e. The molecular formula is C10H17N5O7S. The lowest BCUT2D eigenvalue weighted by atomic mass is 10.00. The molecule has 0 aromatic carbocycles. The predicted molar refractivity (Wildman–Crippen MR) is 73.1 cm³/mol. The first-order valence-corrected chi connectivity index (χ1v) is 8.04. The molecule has 2 unspecified atom stereocenters. The minimum atomic E-state index is -4.87. The average Bonchev–Trinajstić information content (AvgIpc) is 2.69. The molecule has 0 aromatic rings. The Kier molecular flexibility index (Phi) is 4.59. The van der Waals surface area contributed by atoms with Gasteiger partial charge < -0.3 is 10.6 Å². The van der Waals surface area contributed by atoms with Crippen LogP contribution < -0.4 is 11.6 Å². The van der Waals surface area contributed by atoms with E-state index in [-0.39, 0.29) is 19.4 Å². The van der Waals surface area contributed by atoms with Gasteiger partial charge in [-0.3, -0.25) is 14.1 Å². The third-order valence-electron chi connectivity index (χ3n) is 3.65. The third kappa shape index (κ3) is 3.42. The number of imide groups is 1. The van der Waals surface area contributed by atoms with Crippen LogP contribution in [0.4, 0.5) is 4.79 Å². The maximum absolute atomic E-state index is 12.3. The number of carbonyl (C=O) groups is 3. The van der Waals surface area contributed by atoms with Gasteiger partial charge in [0.2, 0.25) is 0 Å². The first-order chi connectivity index (χ1) is 10.5. The van der Waals surface area contributed by atoms with Crippen molar-refractivity contribution in [1.29, 1.82) is 0 Å². The summed E-state index contributed by atoms with van der Waals surface area (Å²) >= 11 is 0. The third-order valence-corrected chi connectivity index (χ3v) is 4.00. The number of hydrogen-bond donors (Lipinski definition) is 3. The normalized spacial score (nSPS) is 25.5. The summed E-state index contributed by atoms with van der Waals surface area (Å²) in [4.78, 5) is 37.1. The molecule has 12 nitrogen and oxygen atoms in total. The molecular weight excluding hydrogens is 334 g/mol. The molecule has 2 aliphatic rings. The Balaban J connectivity index is 2.15. The number of fused-ring (bicyclic) bond motifs is 2. The van der Waals surface area contributed by atoms with Crippen LogP contribution in [0.1, 0.15) is 19.8 Å². The highest BCUT2D eigenvalue weighted by molar-refractivity contribution is 7.80. The highest BCUT2D eigenvalue weighted by Gasteiger charge is 2.50. The molecule has 0 spiro atoms. The average molecular weight is 351 g/mol. The lowest BCUT2D eigenvalue weighted by Crippen LogP contribution is -2.57. The number of amides is 4. The van der Waals surface area contributed by atoms with Crippen LogP contribution in [-0.2, 0) is 24.3 Å². The fourth-order valence-electron chi connectivity index (χ4n) is 2.58. The zero-order valence-electron chi connectivity index (χ0n) is 12.2. The predicted octanol–water partition coefficient (Wildman–Crippen LogP) is -2.43. The summed E-state index contributed by atoms with van der Waals surface area (Å²) in [5, 5.41) is 0.853. The highest BCUT2D eigenvalue weighted by Crippen LogP contribution is 2.31. The quantitative estimate of drug-likeness (QED) is 0.215. The van der Waals surface area contributed by atoms with Crippen LogP contribution >= 0.6 is 0 Å². The van der Waals surface area contributed by atoms with Gasteiger partial charge in [-0.2, -0.15) is 13.5 Å². The molecule has 0 saturated carbocycles. The van der Waals surface area contributed by atoms with Crippen molar-refractivity contribution in [2.45, 2.75) is 37.9 Å². The molecule has 0 aliphatic carbocycles. The SMILES string of the molecule is C[C@@H](N)C(=O)N(N)C(=O)C1CCC2CN1C(=O)N2OS(=O)(=O)O. The van der Waals surface area contributed by atoms with Crippen molar-refractivity contribution in [2.24, 2.45) is 11.6 Å². The Bertz CT molecular complexity index is 636. The van der Waals surface area contributed by atoms with Crippen molar-refractivity contribution >= 4 is 28.2 Å². The van der Waals surface area contributed by atoms with E-state index in [1.807, 2.05) is 0 Å². The van der Waals surface area contributed by atoms with Crippen LogP contribution in [-0.4, -0.2) is 70.5 Å². The zero-order chi connectivity index (χ0) is 17.5. The van der Waals surface area contributed by atoms with Gasteiger partial charge in [-0.15, -0.1) is 4.28 Å². The molecule has 2 bridgehead atoms. The molecule has 5 N–H and O–H groups in total. The number of nitrogens with two attached hydrogens (primary N) is 2. The van der Waals surface area contributed by atoms with Crippen molar-refractivity contribution in [3.05, 3.63) is 0 Å². The van der Waals surface area contributed by atoms with Crippen LogP contribution in [0.15, 0.2) is 0 Å². The first-order valence-electron chi connectivity index (χ1n) is 6.68. The standard InChI is InChI=1S/C10H17N5O7S/c1-5(11)8(16)14(12)9(17)7-3-2-6-4-13(7)10(18)15(6)22-23(19,20)21/h5-7H,2-4,11-12H2,1H3,(H,19,20,21)/t5-,6?,7?/m1/s1. The number of hydrogen-bond acceptors (Lipinski definition) is 8. The molecule has 2 aliphatic heterocycles. The van der Waals surface area contributed by atoms with Crippen molar-refractivity contribution in [1.82, 2.24) is 15.0 Å². The van der Waals surface area contributed by atoms with Crippen molar-refractivity contribution in [3.63, 3.8) is 0 Å². The van der Waals surface area contributed by atoms with Gasteiger partial charge in [0, 0.05) is 6.54 Å². The molecule has 0 aromatic heterocycles. The number of piperidine rings is 1. The minimum Gasteiger partial charge on any atom is -0.320 e. The van der Waals surface area contributed by atoms with Crippen molar-refractivity contribution in [2.75, 3.05) is 6.54 Å². The van der Waals surface area contributed by atoms with Crippen LogP contribution in [0, 0.1) is 0 Å². The van der Waals surface area contributed by atoms with Gasteiger partial charge in [0.1, 0.15) is 6.04 Å². The van der Waals surface area contributed by atoms with E-state index in [0.29, 0.717) is 10.1 Å². The lowest BCUT2D eigenvalue weighted by molar-refractivity contribution is -0.149. The molecule has 3 atom stereocenters. The van der Waals surface area contributed by atoms with Gasteiger partial charge in [-0.05, 0) is 19.8 Å². The summed E-state index contributed by atoms with van der Waals surface area (Å²) in [6, 6.07) is -3.58. The molecule has 4 amide bonds.